The first-order valence-corrected chi connectivity index (χ1v) is 8.95. The molecule has 0 aliphatic carbocycles. The van der Waals surface area contributed by atoms with E-state index in [-0.39, 0.29) is 5.82 Å². The number of imidazole rings is 1. The van der Waals surface area contributed by atoms with E-state index in [2.05, 4.69) is 14.8 Å². The molecule has 1 N–H and O–H groups in total. The van der Waals surface area contributed by atoms with Crippen LogP contribution in [0.1, 0.15) is 12.0 Å². The molecule has 0 amide bonds. The van der Waals surface area contributed by atoms with Gasteiger partial charge in [0.05, 0.1) is 17.6 Å². The van der Waals surface area contributed by atoms with Crippen LogP contribution in [0.15, 0.2) is 42.5 Å². The van der Waals surface area contributed by atoms with Gasteiger partial charge in [-0.1, -0.05) is 29.8 Å². The van der Waals surface area contributed by atoms with Crippen LogP contribution in [-0.2, 0) is 6.54 Å². The zero-order chi connectivity index (χ0) is 17.2. The average Bonchev–Trinajstić information content (AvgIpc) is 2.79. The Bertz CT molecular complexity index is 864. The first-order valence-electron chi connectivity index (χ1n) is 8.58. The highest BCUT2D eigenvalue weighted by Gasteiger charge is 2.20. The van der Waals surface area contributed by atoms with E-state index in [0.29, 0.717) is 17.1 Å². The first-order chi connectivity index (χ1) is 12.2. The third-order valence-electron chi connectivity index (χ3n) is 4.64. The minimum Gasteiger partial charge on any atom is -0.341 e. The molecule has 1 aliphatic heterocycles. The van der Waals surface area contributed by atoms with E-state index in [0.717, 1.165) is 49.6 Å². The molecular formula is C19H20ClFN4. The largest absolute Gasteiger partial charge is 0.341 e. The van der Waals surface area contributed by atoms with Crippen LogP contribution in [0.2, 0.25) is 5.02 Å². The maximum absolute atomic E-state index is 14.3. The molecule has 1 aromatic heterocycles. The van der Waals surface area contributed by atoms with E-state index < -0.39 is 0 Å². The van der Waals surface area contributed by atoms with Gasteiger partial charge in [-0.25, -0.2) is 9.37 Å². The molecule has 2 heterocycles. The van der Waals surface area contributed by atoms with Crippen LogP contribution in [0, 0.1) is 5.82 Å². The maximum atomic E-state index is 14.3. The summed E-state index contributed by atoms with van der Waals surface area (Å²) in [6.07, 6.45) is 1.06. The van der Waals surface area contributed by atoms with Crippen molar-refractivity contribution in [2.24, 2.45) is 0 Å². The average molecular weight is 359 g/mol. The Morgan fingerprint density at radius 3 is 2.84 bits per heavy atom. The van der Waals surface area contributed by atoms with E-state index >= 15 is 0 Å². The van der Waals surface area contributed by atoms with E-state index in [9.17, 15) is 4.39 Å². The summed E-state index contributed by atoms with van der Waals surface area (Å²) in [7, 11) is 0. The lowest BCUT2D eigenvalue weighted by atomic mass is 10.2. The Hall–Kier alpha value is -2.11. The van der Waals surface area contributed by atoms with Crippen LogP contribution in [0.4, 0.5) is 10.3 Å². The molecule has 0 radical (unpaired) electrons. The molecule has 0 saturated carbocycles. The second kappa shape index (κ2) is 7.02. The number of nitrogens with one attached hydrogen (secondary N) is 1. The number of rotatable bonds is 3. The molecule has 130 valence electrons. The van der Waals surface area contributed by atoms with Gasteiger partial charge in [-0.2, -0.15) is 0 Å². The van der Waals surface area contributed by atoms with Crippen molar-refractivity contribution in [3.63, 3.8) is 0 Å². The highest BCUT2D eigenvalue weighted by molar-refractivity contribution is 6.31. The molecule has 0 atom stereocenters. The number of nitrogens with zero attached hydrogens (tertiary/aromatic N) is 3. The van der Waals surface area contributed by atoms with Gasteiger partial charge in [0, 0.05) is 30.2 Å². The lowest BCUT2D eigenvalue weighted by Crippen LogP contribution is -2.30. The molecule has 2 aromatic carbocycles. The van der Waals surface area contributed by atoms with Gasteiger partial charge in [0.25, 0.3) is 0 Å². The fourth-order valence-corrected chi connectivity index (χ4v) is 3.57. The molecule has 1 aliphatic rings. The van der Waals surface area contributed by atoms with E-state index in [1.54, 1.807) is 12.1 Å². The number of aromatic nitrogens is 2. The minimum absolute atomic E-state index is 0.284. The van der Waals surface area contributed by atoms with Crippen molar-refractivity contribution < 1.29 is 4.39 Å². The number of hydrogen-bond acceptors (Lipinski definition) is 3. The third-order valence-corrected chi connectivity index (χ3v) is 4.99. The monoisotopic (exact) mass is 358 g/mol. The standard InChI is InChI=1S/C19H20ClFN4/c20-15-5-3-6-16(21)14(15)13-25-18-8-2-1-7-17(18)23-19(25)24-11-4-9-22-10-12-24/h1-3,5-8,22H,4,9-13H2. The van der Waals surface area contributed by atoms with Crippen LogP contribution in [0.25, 0.3) is 11.0 Å². The van der Waals surface area contributed by atoms with Crippen molar-refractivity contribution in [3.05, 3.63) is 58.9 Å². The zero-order valence-corrected chi connectivity index (χ0v) is 14.6. The molecular weight excluding hydrogens is 339 g/mol. The SMILES string of the molecule is Fc1cccc(Cl)c1Cn1c(N2CCCNCC2)nc2ccccc21. The van der Waals surface area contributed by atoms with Gasteiger partial charge in [0.1, 0.15) is 5.82 Å². The molecule has 1 saturated heterocycles. The Morgan fingerprint density at radius 1 is 1.08 bits per heavy atom. The lowest BCUT2D eigenvalue weighted by Gasteiger charge is -2.23. The molecule has 0 unspecified atom stereocenters. The molecule has 0 spiro atoms. The van der Waals surface area contributed by atoms with Gasteiger partial charge >= 0.3 is 0 Å². The Kier molecular flexibility index (Phi) is 4.59. The van der Waals surface area contributed by atoms with Crippen molar-refractivity contribution in [2.75, 3.05) is 31.1 Å². The minimum atomic E-state index is -0.284. The summed E-state index contributed by atoms with van der Waals surface area (Å²) in [5, 5.41) is 3.85. The summed E-state index contributed by atoms with van der Waals surface area (Å²) >= 11 is 6.26. The molecule has 3 aromatic rings. The highest BCUT2D eigenvalue weighted by Crippen LogP contribution is 2.27. The number of benzene rings is 2. The van der Waals surface area contributed by atoms with E-state index in [4.69, 9.17) is 16.6 Å². The summed E-state index contributed by atoms with van der Waals surface area (Å²) < 4.78 is 16.4. The van der Waals surface area contributed by atoms with Gasteiger partial charge in [0.15, 0.2) is 0 Å². The second-order valence-corrected chi connectivity index (χ2v) is 6.68. The van der Waals surface area contributed by atoms with Gasteiger partial charge in [-0.05, 0) is 37.2 Å². The topological polar surface area (TPSA) is 33.1 Å². The number of fused-ring (bicyclic) bond motifs is 1. The van der Waals surface area contributed by atoms with Crippen LogP contribution in [0.5, 0.6) is 0 Å². The molecule has 25 heavy (non-hydrogen) atoms. The Labute approximate surface area is 151 Å². The highest BCUT2D eigenvalue weighted by atomic mass is 35.5. The first kappa shape index (κ1) is 16.4. The van der Waals surface area contributed by atoms with Crippen molar-refractivity contribution in [1.29, 1.82) is 0 Å². The predicted octanol–water partition coefficient (Wildman–Crippen LogP) is 3.68. The van der Waals surface area contributed by atoms with Gasteiger partial charge in [0.2, 0.25) is 5.95 Å². The summed E-state index contributed by atoms with van der Waals surface area (Å²) in [5.74, 6) is 0.595. The summed E-state index contributed by atoms with van der Waals surface area (Å²) in [6.45, 7) is 4.11. The van der Waals surface area contributed by atoms with Gasteiger partial charge < -0.3 is 14.8 Å². The summed E-state index contributed by atoms with van der Waals surface area (Å²) in [4.78, 5) is 7.10. The van der Waals surface area contributed by atoms with Gasteiger partial charge in [-0.15, -0.1) is 0 Å². The van der Waals surface area contributed by atoms with Gasteiger partial charge in [-0.3, -0.25) is 0 Å². The van der Waals surface area contributed by atoms with E-state index in [1.807, 2.05) is 24.3 Å². The Morgan fingerprint density at radius 2 is 1.96 bits per heavy atom. The fraction of sp³-hybridized carbons (Fsp3) is 0.316. The summed E-state index contributed by atoms with van der Waals surface area (Å²) in [5.41, 5.74) is 2.41. The molecule has 6 heteroatoms. The summed E-state index contributed by atoms with van der Waals surface area (Å²) in [6, 6.07) is 12.8. The fourth-order valence-electron chi connectivity index (χ4n) is 3.35. The molecule has 0 bridgehead atoms. The van der Waals surface area contributed by atoms with Crippen LogP contribution >= 0.6 is 11.6 Å². The molecule has 1 fully saturated rings. The second-order valence-electron chi connectivity index (χ2n) is 6.28. The Balaban J connectivity index is 1.82. The molecule has 4 rings (SSSR count). The van der Waals surface area contributed by atoms with Crippen molar-refractivity contribution in [2.45, 2.75) is 13.0 Å². The molecule has 4 nitrogen and oxygen atoms in total. The van der Waals surface area contributed by atoms with Crippen LogP contribution in [0.3, 0.4) is 0 Å². The van der Waals surface area contributed by atoms with Crippen molar-refractivity contribution in [3.8, 4) is 0 Å². The maximum Gasteiger partial charge on any atom is 0.206 e. The zero-order valence-electron chi connectivity index (χ0n) is 13.9. The number of halogens is 2. The quantitative estimate of drug-likeness (QED) is 0.775. The lowest BCUT2D eigenvalue weighted by molar-refractivity contribution is 0.600. The van der Waals surface area contributed by atoms with Crippen molar-refractivity contribution in [1.82, 2.24) is 14.9 Å². The van der Waals surface area contributed by atoms with Crippen LogP contribution in [-0.4, -0.2) is 35.7 Å². The number of hydrogen-bond donors (Lipinski definition) is 1. The van der Waals surface area contributed by atoms with Crippen molar-refractivity contribution >= 4 is 28.6 Å². The predicted molar refractivity (Wildman–Crippen MR) is 99.9 cm³/mol. The normalized spacial score (nSPS) is 15.5. The number of anilines is 1. The smallest absolute Gasteiger partial charge is 0.206 e. The number of para-hydroxylation sites is 2. The third kappa shape index (κ3) is 3.22. The van der Waals surface area contributed by atoms with E-state index in [1.165, 1.54) is 6.07 Å². The van der Waals surface area contributed by atoms with Crippen LogP contribution < -0.4 is 10.2 Å².